The molecule has 0 bridgehead atoms. The van der Waals surface area contributed by atoms with E-state index in [4.69, 9.17) is 9.47 Å². The smallest absolute Gasteiger partial charge is 0.341 e. The molecule has 2 aromatic carbocycles. The number of nitrogens with one attached hydrogen (secondary N) is 1. The molecule has 0 radical (unpaired) electrons. The third kappa shape index (κ3) is 6.68. The van der Waals surface area contributed by atoms with Gasteiger partial charge >= 0.3 is 5.97 Å². The van der Waals surface area contributed by atoms with E-state index in [1.165, 1.54) is 16.9 Å². The van der Waals surface area contributed by atoms with Crippen molar-refractivity contribution >= 4 is 28.2 Å². The molecule has 33 heavy (non-hydrogen) atoms. The number of carbonyl (C=O) groups is 2. The zero-order valence-electron chi connectivity index (χ0n) is 19.5. The molecule has 6 heteroatoms. The molecule has 3 aromatic rings. The number of esters is 1. The van der Waals surface area contributed by atoms with Gasteiger partial charge in [-0.05, 0) is 49.9 Å². The van der Waals surface area contributed by atoms with Crippen molar-refractivity contribution in [2.75, 3.05) is 18.5 Å². The van der Waals surface area contributed by atoms with Gasteiger partial charge in [-0.3, -0.25) is 4.79 Å². The maximum absolute atomic E-state index is 12.7. The molecule has 1 N–H and O–H groups in total. The van der Waals surface area contributed by atoms with Gasteiger partial charge in [0, 0.05) is 16.9 Å². The van der Waals surface area contributed by atoms with Crippen molar-refractivity contribution in [3.8, 4) is 16.9 Å². The third-order valence-corrected chi connectivity index (χ3v) is 6.18. The van der Waals surface area contributed by atoms with E-state index < -0.39 is 5.97 Å². The minimum absolute atomic E-state index is 0.150. The highest BCUT2D eigenvalue weighted by Crippen LogP contribution is 2.40. The number of carbonyl (C=O) groups excluding carboxylic acids is 2. The molecule has 0 fully saturated rings. The molecule has 5 nitrogen and oxygen atoms in total. The van der Waals surface area contributed by atoms with Crippen molar-refractivity contribution < 1.29 is 19.1 Å². The standard InChI is InChI=1S/C27H31NO4S/c1-4-10-20-14-16-22(17-15-20)32-18-9-13-23(29)28-26-25(27(30)31-5-2)24(19(3)33-26)21-11-7-6-8-12-21/h6-8,11-12,14-17H,4-5,9-10,13,18H2,1-3H3,(H,28,29). The van der Waals surface area contributed by atoms with Crippen LogP contribution in [0.2, 0.25) is 0 Å². The summed E-state index contributed by atoms with van der Waals surface area (Å²) in [6, 6.07) is 17.8. The number of rotatable bonds is 11. The fourth-order valence-corrected chi connectivity index (χ4v) is 4.72. The lowest BCUT2D eigenvalue weighted by Crippen LogP contribution is -2.15. The van der Waals surface area contributed by atoms with E-state index in [0.717, 1.165) is 34.6 Å². The molecule has 174 valence electrons. The van der Waals surface area contributed by atoms with Crippen LogP contribution in [-0.4, -0.2) is 25.1 Å². The Labute approximate surface area is 199 Å². The van der Waals surface area contributed by atoms with Gasteiger partial charge in [0.25, 0.3) is 0 Å². The van der Waals surface area contributed by atoms with Crippen molar-refractivity contribution in [1.82, 2.24) is 0 Å². The Kier molecular flexibility index (Phi) is 9.07. The average molecular weight is 466 g/mol. The molecule has 1 amide bonds. The molecular weight excluding hydrogens is 434 g/mol. The van der Waals surface area contributed by atoms with Crippen molar-refractivity contribution in [1.29, 1.82) is 0 Å². The van der Waals surface area contributed by atoms with Gasteiger partial charge in [0.05, 0.1) is 13.2 Å². The number of anilines is 1. The van der Waals surface area contributed by atoms with Crippen LogP contribution in [0.4, 0.5) is 5.00 Å². The summed E-state index contributed by atoms with van der Waals surface area (Å²) < 4.78 is 11.1. The topological polar surface area (TPSA) is 64.6 Å². The Hall–Kier alpha value is -3.12. The molecule has 1 aromatic heterocycles. The minimum Gasteiger partial charge on any atom is -0.494 e. The maximum Gasteiger partial charge on any atom is 0.341 e. The van der Waals surface area contributed by atoms with E-state index in [1.54, 1.807) is 6.92 Å². The van der Waals surface area contributed by atoms with Crippen molar-refractivity contribution in [3.63, 3.8) is 0 Å². The number of benzene rings is 2. The summed E-state index contributed by atoms with van der Waals surface area (Å²) in [6.07, 6.45) is 3.05. The Morgan fingerprint density at radius 1 is 1.00 bits per heavy atom. The van der Waals surface area contributed by atoms with Gasteiger partial charge in [-0.1, -0.05) is 55.8 Å². The van der Waals surface area contributed by atoms with Gasteiger partial charge in [-0.25, -0.2) is 4.79 Å². The van der Waals surface area contributed by atoms with E-state index in [2.05, 4.69) is 24.4 Å². The highest BCUT2D eigenvalue weighted by Gasteiger charge is 2.25. The molecule has 0 saturated heterocycles. The Bertz CT molecular complexity index is 1060. The van der Waals surface area contributed by atoms with Crippen molar-refractivity contribution in [2.45, 2.75) is 46.5 Å². The largest absolute Gasteiger partial charge is 0.494 e. The van der Waals surface area contributed by atoms with Gasteiger partial charge in [-0.2, -0.15) is 0 Å². The molecule has 0 saturated carbocycles. The first-order valence-electron chi connectivity index (χ1n) is 11.4. The third-order valence-electron chi connectivity index (χ3n) is 5.16. The fourth-order valence-electron chi connectivity index (χ4n) is 3.64. The normalized spacial score (nSPS) is 10.6. The van der Waals surface area contributed by atoms with E-state index in [1.807, 2.05) is 49.4 Å². The second-order valence-corrected chi connectivity index (χ2v) is 8.94. The van der Waals surface area contributed by atoms with E-state index >= 15 is 0 Å². The molecule has 0 unspecified atom stereocenters. The fraction of sp³-hybridized carbons (Fsp3) is 0.333. The number of amides is 1. The van der Waals surface area contributed by atoms with Crippen LogP contribution in [0.3, 0.4) is 0 Å². The van der Waals surface area contributed by atoms with Crippen LogP contribution in [0.25, 0.3) is 11.1 Å². The zero-order chi connectivity index (χ0) is 23.6. The van der Waals surface area contributed by atoms with Crippen LogP contribution < -0.4 is 10.1 Å². The van der Waals surface area contributed by atoms with Gasteiger partial charge in [0.15, 0.2) is 0 Å². The lowest BCUT2D eigenvalue weighted by Gasteiger charge is -2.10. The first-order valence-corrected chi connectivity index (χ1v) is 12.2. The predicted octanol–water partition coefficient (Wildman–Crippen LogP) is 6.65. The molecule has 0 atom stereocenters. The molecule has 3 rings (SSSR count). The zero-order valence-corrected chi connectivity index (χ0v) is 20.3. The molecular formula is C27H31NO4S. The number of hydrogen-bond donors (Lipinski definition) is 1. The first-order chi connectivity index (χ1) is 16.0. The van der Waals surface area contributed by atoms with Crippen LogP contribution in [0.1, 0.15) is 53.9 Å². The van der Waals surface area contributed by atoms with Crippen LogP contribution in [0.15, 0.2) is 54.6 Å². The number of thiophene rings is 1. The number of aryl methyl sites for hydroxylation is 2. The van der Waals surface area contributed by atoms with Crippen LogP contribution in [-0.2, 0) is 16.0 Å². The molecule has 0 spiro atoms. The summed E-state index contributed by atoms with van der Waals surface area (Å²) in [5, 5.41) is 3.45. The summed E-state index contributed by atoms with van der Waals surface area (Å²) in [6.45, 7) is 6.60. The van der Waals surface area contributed by atoms with Crippen LogP contribution in [0.5, 0.6) is 5.75 Å². The lowest BCUT2D eigenvalue weighted by atomic mass is 10.0. The summed E-state index contributed by atoms with van der Waals surface area (Å²) in [5.74, 6) is 0.232. The van der Waals surface area contributed by atoms with E-state index in [9.17, 15) is 9.59 Å². The summed E-state index contributed by atoms with van der Waals surface area (Å²) in [7, 11) is 0. The highest BCUT2D eigenvalue weighted by molar-refractivity contribution is 7.17. The minimum atomic E-state index is -0.425. The second kappa shape index (κ2) is 12.2. The maximum atomic E-state index is 12.7. The van der Waals surface area contributed by atoms with E-state index in [-0.39, 0.29) is 12.5 Å². The molecule has 0 aliphatic carbocycles. The SMILES string of the molecule is CCCc1ccc(OCCCC(=O)Nc2sc(C)c(-c3ccccc3)c2C(=O)OCC)cc1. The van der Waals surface area contributed by atoms with Gasteiger partial charge < -0.3 is 14.8 Å². The Morgan fingerprint density at radius 3 is 2.39 bits per heavy atom. The van der Waals surface area contributed by atoms with Gasteiger partial charge in [0.2, 0.25) is 5.91 Å². The van der Waals surface area contributed by atoms with Crippen molar-refractivity contribution in [2.24, 2.45) is 0 Å². The van der Waals surface area contributed by atoms with Crippen LogP contribution >= 0.6 is 11.3 Å². The number of ether oxygens (including phenoxy) is 2. The quantitative estimate of drug-likeness (QED) is 0.254. The molecule has 0 aliphatic heterocycles. The Morgan fingerprint density at radius 2 is 1.73 bits per heavy atom. The number of hydrogen-bond acceptors (Lipinski definition) is 5. The highest BCUT2D eigenvalue weighted by atomic mass is 32.1. The Balaban J connectivity index is 1.62. The van der Waals surface area contributed by atoms with E-state index in [0.29, 0.717) is 30.0 Å². The van der Waals surface area contributed by atoms with Gasteiger partial charge in [-0.15, -0.1) is 11.3 Å². The van der Waals surface area contributed by atoms with Gasteiger partial charge in [0.1, 0.15) is 16.3 Å². The monoisotopic (exact) mass is 465 g/mol. The molecule has 1 heterocycles. The summed E-state index contributed by atoms with van der Waals surface area (Å²) in [5.41, 5.74) is 3.45. The first kappa shape index (κ1) is 24.5. The predicted molar refractivity (Wildman–Crippen MR) is 134 cm³/mol. The molecule has 0 aliphatic rings. The average Bonchev–Trinajstić information content (AvgIpc) is 3.14. The summed E-state index contributed by atoms with van der Waals surface area (Å²) in [4.78, 5) is 26.3. The van der Waals surface area contributed by atoms with Crippen molar-refractivity contribution in [3.05, 3.63) is 70.6 Å². The second-order valence-electron chi connectivity index (χ2n) is 7.72. The van der Waals surface area contributed by atoms with Crippen LogP contribution in [0, 0.1) is 6.92 Å². The summed E-state index contributed by atoms with van der Waals surface area (Å²) >= 11 is 1.40. The lowest BCUT2D eigenvalue weighted by molar-refractivity contribution is -0.116.